The zero-order chi connectivity index (χ0) is 25.8. The Kier molecular flexibility index (Phi) is 7.14. The molecule has 2 heterocycles. The summed E-state index contributed by atoms with van der Waals surface area (Å²) >= 11 is 5.83. The number of benzene rings is 3. The average molecular weight is 518 g/mol. The van der Waals surface area contributed by atoms with Crippen LogP contribution in [0.15, 0.2) is 71.5 Å². The summed E-state index contributed by atoms with van der Waals surface area (Å²) in [6.45, 7) is 3.42. The number of nitrogens with one attached hydrogen (secondary N) is 2. The van der Waals surface area contributed by atoms with Crippen LogP contribution in [-0.2, 0) is 13.1 Å². The summed E-state index contributed by atoms with van der Waals surface area (Å²) in [7, 11) is 1.61. The molecular formula is C28H27N3O5S. The second-order valence-corrected chi connectivity index (χ2v) is 8.87. The molecule has 0 spiro atoms. The summed E-state index contributed by atoms with van der Waals surface area (Å²) < 4.78 is 22.1. The largest absolute Gasteiger partial charge is 0.495 e. The maximum absolute atomic E-state index is 13.0. The molecule has 0 radical (unpaired) electrons. The van der Waals surface area contributed by atoms with Crippen molar-refractivity contribution >= 4 is 33.9 Å². The Bertz CT molecular complexity index is 1500. The number of methoxy groups -OCH3 is 1. The first-order valence-corrected chi connectivity index (χ1v) is 12.3. The summed E-state index contributed by atoms with van der Waals surface area (Å²) in [5, 5.41) is 4.61. The molecule has 5 rings (SSSR count). The summed E-state index contributed by atoms with van der Waals surface area (Å²) in [5.41, 5.74) is 2.84. The van der Waals surface area contributed by atoms with E-state index in [4.69, 9.17) is 31.2 Å². The monoisotopic (exact) mass is 517 g/mol. The number of pyridine rings is 1. The summed E-state index contributed by atoms with van der Waals surface area (Å²) in [5.74, 6) is 2.81. The molecule has 8 nitrogen and oxygen atoms in total. The fourth-order valence-electron chi connectivity index (χ4n) is 4.21. The highest BCUT2D eigenvalue weighted by Crippen LogP contribution is 2.33. The molecule has 0 aliphatic carbocycles. The van der Waals surface area contributed by atoms with Crippen molar-refractivity contribution in [2.24, 2.45) is 0 Å². The smallest absolute Gasteiger partial charge is 0.253 e. The molecule has 0 bridgehead atoms. The number of H-pyrrole nitrogens is 1. The first-order valence-electron chi connectivity index (χ1n) is 11.9. The molecule has 1 aliphatic heterocycles. The standard InChI is InChI=1S/C28H27N3O5S/c1-3-34-21-9-10-22-19(14-21)13-20(27(32)29-22)16-31(15-18-8-11-25-26(12-18)36-17-35-25)28(37)30-23-6-4-5-7-24(23)33-2/h4-14H,3,15-17H2,1-2H3,(H,29,32)(H,30,37). The highest BCUT2D eigenvalue weighted by Gasteiger charge is 2.19. The second kappa shape index (κ2) is 10.8. The Morgan fingerprint density at radius 2 is 1.89 bits per heavy atom. The van der Waals surface area contributed by atoms with E-state index < -0.39 is 0 Å². The normalized spacial score (nSPS) is 11.8. The first-order chi connectivity index (χ1) is 18.0. The van der Waals surface area contributed by atoms with E-state index in [9.17, 15) is 4.79 Å². The number of nitrogens with zero attached hydrogens (tertiary/aromatic N) is 1. The van der Waals surface area contributed by atoms with E-state index in [0.717, 1.165) is 27.9 Å². The summed E-state index contributed by atoms with van der Waals surface area (Å²) in [4.78, 5) is 17.9. The molecule has 2 N–H and O–H groups in total. The lowest BCUT2D eigenvalue weighted by Gasteiger charge is -2.26. The molecule has 1 aromatic heterocycles. The highest BCUT2D eigenvalue weighted by molar-refractivity contribution is 7.80. The van der Waals surface area contributed by atoms with E-state index in [1.807, 2.05) is 78.6 Å². The van der Waals surface area contributed by atoms with Gasteiger partial charge >= 0.3 is 0 Å². The van der Waals surface area contributed by atoms with Gasteiger partial charge in [0.05, 0.1) is 25.9 Å². The quantitative estimate of drug-likeness (QED) is 0.314. The van der Waals surface area contributed by atoms with Gasteiger partial charge < -0.3 is 34.1 Å². The third kappa shape index (κ3) is 5.46. The van der Waals surface area contributed by atoms with Crippen LogP contribution in [0.3, 0.4) is 0 Å². The van der Waals surface area contributed by atoms with Crippen molar-refractivity contribution in [3.63, 3.8) is 0 Å². The van der Waals surface area contributed by atoms with Crippen LogP contribution in [-0.4, -0.2) is 35.5 Å². The van der Waals surface area contributed by atoms with Crippen molar-refractivity contribution < 1.29 is 18.9 Å². The minimum atomic E-state index is -0.174. The van der Waals surface area contributed by atoms with Crippen LogP contribution in [0.4, 0.5) is 5.69 Å². The maximum Gasteiger partial charge on any atom is 0.253 e. The van der Waals surface area contributed by atoms with Crippen LogP contribution in [0, 0.1) is 0 Å². The van der Waals surface area contributed by atoms with Gasteiger partial charge in [-0.25, -0.2) is 0 Å². The van der Waals surface area contributed by atoms with E-state index in [0.29, 0.717) is 41.1 Å². The van der Waals surface area contributed by atoms with Crippen LogP contribution < -0.4 is 29.8 Å². The summed E-state index contributed by atoms with van der Waals surface area (Å²) in [6, 6.07) is 20.8. The molecule has 0 saturated carbocycles. The average Bonchev–Trinajstić information content (AvgIpc) is 3.37. The molecule has 9 heteroatoms. The molecule has 0 saturated heterocycles. The predicted molar refractivity (Wildman–Crippen MR) is 147 cm³/mol. The predicted octanol–water partition coefficient (Wildman–Crippen LogP) is 5.06. The van der Waals surface area contributed by atoms with Crippen molar-refractivity contribution in [2.45, 2.75) is 20.0 Å². The van der Waals surface area contributed by atoms with E-state index in [2.05, 4.69) is 10.3 Å². The van der Waals surface area contributed by atoms with Gasteiger partial charge in [0.15, 0.2) is 16.6 Å². The van der Waals surface area contributed by atoms with Gasteiger partial charge in [-0.05, 0) is 73.2 Å². The molecule has 1 aliphatic rings. The Balaban J connectivity index is 1.47. The Morgan fingerprint density at radius 1 is 1.05 bits per heavy atom. The summed E-state index contributed by atoms with van der Waals surface area (Å²) in [6.07, 6.45) is 0. The minimum absolute atomic E-state index is 0.174. The van der Waals surface area contributed by atoms with Crippen LogP contribution in [0.25, 0.3) is 10.9 Å². The number of para-hydroxylation sites is 2. The molecule has 0 unspecified atom stereocenters. The van der Waals surface area contributed by atoms with Crippen molar-refractivity contribution in [1.82, 2.24) is 9.88 Å². The van der Waals surface area contributed by atoms with Gasteiger partial charge in [0, 0.05) is 23.0 Å². The van der Waals surface area contributed by atoms with Gasteiger partial charge in [-0.3, -0.25) is 4.79 Å². The van der Waals surface area contributed by atoms with Gasteiger partial charge in [0.25, 0.3) is 5.56 Å². The molecule has 3 aromatic carbocycles. The van der Waals surface area contributed by atoms with Gasteiger partial charge in [0.1, 0.15) is 11.5 Å². The Labute approximate surface area is 219 Å². The first kappa shape index (κ1) is 24.5. The number of anilines is 1. The molecule has 37 heavy (non-hydrogen) atoms. The number of rotatable bonds is 8. The molecule has 0 amide bonds. The van der Waals surface area contributed by atoms with E-state index in [1.54, 1.807) is 7.11 Å². The maximum atomic E-state index is 13.0. The number of hydrogen-bond donors (Lipinski definition) is 2. The zero-order valence-corrected chi connectivity index (χ0v) is 21.4. The minimum Gasteiger partial charge on any atom is -0.495 e. The van der Waals surface area contributed by atoms with Crippen molar-refractivity contribution in [3.05, 3.63) is 88.2 Å². The third-order valence-corrected chi connectivity index (χ3v) is 6.37. The van der Waals surface area contributed by atoms with Gasteiger partial charge in [0.2, 0.25) is 6.79 Å². The van der Waals surface area contributed by atoms with E-state index in [1.165, 1.54) is 0 Å². The third-order valence-electron chi connectivity index (χ3n) is 6.01. The fourth-order valence-corrected chi connectivity index (χ4v) is 4.45. The fraction of sp³-hybridized carbons (Fsp3) is 0.214. The number of hydrogen-bond acceptors (Lipinski definition) is 6. The number of aromatic amines is 1. The second-order valence-electron chi connectivity index (χ2n) is 8.48. The Morgan fingerprint density at radius 3 is 2.73 bits per heavy atom. The molecular weight excluding hydrogens is 490 g/mol. The molecule has 190 valence electrons. The lowest BCUT2D eigenvalue weighted by molar-refractivity contribution is 0.174. The van der Waals surface area contributed by atoms with Gasteiger partial charge in [-0.1, -0.05) is 18.2 Å². The highest BCUT2D eigenvalue weighted by atomic mass is 32.1. The lowest BCUT2D eigenvalue weighted by atomic mass is 10.1. The van der Waals surface area contributed by atoms with Gasteiger partial charge in [-0.2, -0.15) is 0 Å². The number of ether oxygens (including phenoxy) is 4. The van der Waals surface area contributed by atoms with Crippen LogP contribution in [0.5, 0.6) is 23.0 Å². The SMILES string of the molecule is CCOc1ccc2[nH]c(=O)c(CN(Cc3ccc4c(c3)OCO4)C(=S)Nc3ccccc3OC)cc2c1. The van der Waals surface area contributed by atoms with Crippen LogP contribution >= 0.6 is 12.2 Å². The van der Waals surface area contributed by atoms with Crippen LogP contribution in [0.1, 0.15) is 18.1 Å². The van der Waals surface area contributed by atoms with Crippen molar-refractivity contribution in [1.29, 1.82) is 0 Å². The van der Waals surface area contributed by atoms with Crippen molar-refractivity contribution in [2.75, 3.05) is 25.8 Å². The Hall–Kier alpha value is -4.24. The molecule has 4 aromatic rings. The number of aromatic nitrogens is 1. The van der Waals surface area contributed by atoms with Crippen LogP contribution in [0.2, 0.25) is 0 Å². The topological polar surface area (TPSA) is 85.1 Å². The lowest BCUT2D eigenvalue weighted by Crippen LogP contribution is -2.35. The van der Waals surface area contributed by atoms with Crippen molar-refractivity contribution in [3.8, 4) is 23.0 Å². The molecule has 0 fully saturated rings. The number of fused-ring (bicyclic) bond motifs is 2. The van der Waals surface area contributed by atoms with Gasteiger partial charge in [-0.15, -0.1) is 0 Å². The molecule has 0 atom stereocenters. The zero-order valence-electron chi connectivity index (χ0n) is 20.6. The van der Waals surface area contributed by atoms with E-state index >= 15 is 0 Å². The van der Waals surface area contributed by atoms with E-state index in [-0.39, 0.29) is 18.9 Å². The number of thiocarbonyl (C=S) groups is 1.